The van der Waals surface area contributed by atoms with Crippen molar-refractivity contribution >= 4 is 0 Å². The zero-order chi connectivity index (χ0) is 12.9. The topological polar surface area (TPSA) is 12.0 Å². The molecule has 17 heavy (non-hydrogen) atoms. The van der Waals surface area contributed by atoms with Gasteiger partial charge in [-0.2, -0.15) is 0 Å². The lowest BCUT2D eigenvalue weighted by Gasteiger charge is -2.45. The lowest BCUT2D eigenvalue weighted by molar-refractivity contribution is 0.0861. The summed E-state index contributed by atoms with van der Waals surface area (Å²) in [4.78, 5) is 0. The van der Waals surface area contributed by atoms with Crippen molar-refractivity contribution in [3.63, 3.8) is 0 Å². The second-order valence-electron chi connectivity index (χ2n) is 6.82. The lowest BCUT2D eigenvalue weighted by atomic mass is 9.64. The van der Waals surface area contributed by atoms with Gasteiger partial charge < -0.3 is 5.32 Å². The predicted octanol–water partition coefficient (Wildman–Crippen LogP) is 4.62. The minimum absolute atomic E-state index is 0.514. The van der Waals surface area contributed by atoms with Crippen LogP contribution in [-0.4, -0.2) is 12.6 Å². The Labute approximate surface area is 109 Å². The summed E-state index contributed by atoms with van der Waals surface area (Å²) < 4.78 is 0. The zero-order valence-electron chi connectivity index (χ0n) is 12.7. The van der Waals surface area contributed by atoms with Crippen LogP contribution >= 0.6 is 0 Å². The maximum atomic E-state index is 3.82. The van der Waals surface area contributed by atoms with E-state index < -0.39 is 0 Å². The molecule has 0 aromatic heterocycles. The number of nitrogens with one attached hydrogen (secondary N) is 1. The lowest BCUT2D eigenvalue weighted by Crippen LogP contribution is -2.47. The molecule has 0 amide bonds. The van der Waals surface area contributed by atoms with Gasteiger partial charge >= 0.3 is 0 Å². The van der Waals surface area contributed by atoms with Crippen molar-refractivity contribution in [2.45, 2.75) is 79.2 Å². The molecule has 1 N–H and O–H groups in total. The van der Waals surface area contributed by atoms with Crippen LogP contribution in [0.3, 0.4) is 0 Å². The number of rotatable bonds is 6. The average Bonchev–Trinajstić information content (AvgIpc) is 2.26. The minimum Gasteiger partial charge on any atom is -0.314 e. The first kappa shape index (κ1) is 15.0. The molecular weight excluding hydrogens is 206 g/mol. The van der Waals surface area contributed by atoms with E-state index in [0.717, 1.165) is 17.9 Å². The summed E-state index contributed by atoms with van der Waals surface area (Å²) >= 11 is 0. The van der Waals surface area contributed by atoms with Crippen LogP contribution in [0.5, 0.6) is 0 Å². The molecule has 1 heteroatoms. The van der Waals surface area contributed by atoms with Crippen LogP contribution in [0.4, 0.5) is 0 Å². The Hall–Kier alpha value is -0.0400. The standard InChI is InChI=1S/C16H33N/c1-6-10-16(4,5)14-9-8-13(3)12-15(14)17-11-7-2/h13-15,17H,6-12H2,1-5H3. The van der Waals surface area contributed by atoms with Gasteiger partial charge in [0.25, 0.3) is 0 Å². The van der Waals surface area contributed by atoms with Crippen molar-refractivity contribution < 1.29 is 0 Å². The van der Waals surface area contributed by atoms with Gasteiger partial charge in [-0.25, -0.2) is 0 Å². The second kappa shape index (κ2) is 6.78. The smallest absolute Gasteiger partial charge is 0.0103 e. The molecule has 1 fully saturated rings. The second-order valence-corrected chi connectivity index (χ2v) is 6.82. The Bertz CT molecular complexity index is 210. The summed E-state index contributed by atoms with van der Waals surface area (Å²) in [5, 5.41) is 3.82. The van der Waals surface area contributed by atoms with Gasteiger partial charge in [-0.3, -0.25) is 0 Å². The Morgan fingerprint density at radius 1 is 1.12 bits per heavy atom. The molecule has 0 spiro atoms. The van der Waals surface area contributed by atoms with Crippen LogP contribution in [0.15, 0.2) is 0 Å². The Balaban J connectivity index is 2.65. The third-order valence-electron chi connectivity index (χ3n) is 4.67. The molecule has 0 bridgehead atoms. The summed E-state index contributed by atoms with van der Waals surface area (Å²) in [6.07, 6.45) is 8.19. The van der Waals surface area contributed by atoms with Crippen LogP contribution in [0, 0.1) is 17.3 Å². The molecule has 3 atom stereocenters. The van der Waals surface area contributed by atoms with Crippen molar-refractivity contribution in [1.82, 2.24) is 5.32 Å². The van der Waals surface area contributed by atoms with Gasteiger partial charge in [-0.15, -0.1) is 0 Å². The summed E-state index contributed by atoms with van der Waals surface area (Å²) in [5.41, 5.74) is 0.514. The van der Waals surface area contributed by atoms with Gasteiger partial charge in [-0.1, -0.05) is 47.5 Å². The maximum absolute atomic E-state index is 3.82. The molecule has 0 aromatic carbocycles. The molecule has 1 rings (SSSR count). The van der Waals surface area contributed by atoms with E-state index in [1.807, 2.05) is 0 Å². The van der Waals surface area contributed by atoms with Crippen molar-refractivity contribution in [3.05, 3.63) is 0 Å². The van der Waals surface area contributed by atoms with Crippen molar-refractivity contribution in [1.29, 1.82) is 0 Å². The Morgan fingerprint density at radius 2 is 1.82 bits per heavy atom. The van der Waals surface area contributed by atoms with Crippen LogP contribution < -0.4 is 5.32 Å². The molecule has 102 valence electrons. The van der Waals surface area contributed by atoms with Gasteiger partial charge in [0.1, 0.15) is 0 Å². The van der Waals surface area contributed by atoms with Crippen molar-refractivity contribution in [2.75, 3.05) is 6.54 Å². The molecule has 1 saturated carbocycles. The largest absolute Gasteiger partial charge is 0.314 e. The van der Waals surface area contributed by atoms with Gasteiger partial charge in [0, 0.05) is 6.04 Å². The maximum Gasteiger partial charge on any atom is 0.0103 e. The molecule has 0 saturated heterocycles. The van der Waals surface area contributed by atoms with Gasteiger partial charge in [-0.05, 0) is 49.5 Å². The van der Waals surface area contributed by atoms with E-state index in [9.17, 15) is 0 Å². The van der Waals surface area contributed by atoms with Crippen LogP contribution in [0.25, 0.3) is 0 Å². The van der Waals surface area contributed by atoms with E-state index in [0.29, 0.717) is 5.41 Å². The van der Waals surface area contributed by atoms with E-state index in [1.54, 1.807) is 0 Å². The highest BCUT2D eigenvalue weighted by Gasteiger charge is 2.37. The molecule has 0 radical (unpaired) electrons. The minimum atomic E-state index is 0.514. The average molecular weight is 239 g/mol. The highest BCUT2D eigenvalue weighted by Crippen LogP contribution is 2.42. The fourth-order valence-electron chi connectivity index (χ4n) is 3.70. The van der Waals surface area contributed by atoms with Gasteiger partial charge in [0.15, 0.2) is 0 Å². The third kappa shape index (κ3) is 4.28. The van der Waals surface area contributed by atoms with Crippen LogP contribution in [0.2, 0.25) is 0 Å². The molecular formula is C16H33N. The van der Waals surface area contributed by atoms with E-state index in [4.69, 9.17) is 0 Å². The summed E-state index contributed by atoms with van der Waals surface area (Å²) in [7, 11) is 0. The fraction of sp³-hybridized carbons (Fsp3) is 1.00. The zero-order valence-corrected chi connectivity index (χ0v) is 12.7. The molecule has 1 aliphatic rings. The van der Waals surface area contributed by atoms with Crippen LogP contribution in [0.1, 0.15) is 73.1 Å². The highest BCUT2D eigenvalue weighted by atomic mass is 14.9. The first-order chi connectivity index (χ1) is 8.01. The molecule has 1 nitrogen and oxygen atoms in total. The molecule has 0 aliphatic heterocycles. The van der Waals surface area contributed by atoms with Crippen molar-refractivity contribution in [3.8, 4) is 0 Å². The van der Waals surface area contributed by atoms with Crippen molar-refractivity contribution in [2.24, 2.45) is 17.3 Å². The molecule has 1 aliphatic carbocycles. The van der Waals surface area contributed by atoms with Gasteiger partial charge in [0.2, 0.25) is 0 Å². The van der Waals surface area contributed by atoms with Gasteiger partial charge in [0.05, 0.1) is 0 Å². The fourth-order valence-corrected chi connectivity index (χ4v) is 3.70. The summed E-state index contributed by atoms with van der Waals surface area (Å²) in [5.74, 6) is 1.79. The van der Waals surface area contributed by atoms with Crippen LogP contribution in [-0.2, 0) is 0 Å². The monoisotopic (exact) mass is 239 g/mol. The molecule has 0 aromatic rings. The Kier molecular flexibility index (Phi) is 5.99. The third-order valence-corrected chi connectivity index (χ3v) is 4.67. The number of hydrogen-bond acceptors (Lipinski definition) is 1. The molecule has 3 unspecified atom stereocenters. The normalized spacial score (nSPS) is 30.5. The Morgan fingerprint density at radius 3 is 2.41 bits per heavy atom. The van der Waals surface area contributed by atoms with E-state index >= 15 is 0 Å². The first-order valence-electron chi connectivity index (χ1n) is 7.74. The SMILES string of the molecule is CCCNC1CC(C)CCC1C(C)(C)CCC. The first-order valence-corrected chi connectivity index (χ1v) is 7.74. The number of hydrogen-bond donors (Lipinski definition) is 1. The van der Waals surface area contributed by atoms with E-state index in [2.05, 4.69) is 39.9 Å². The molecule has 0 heterocycles. The van der Waals surface area contributed by atoms with E-state index in [-0.39, 0.29) is 0 Å². The highest BCUT2D eigenvalue weighted by molar-refractivity contribution is 4.91. The summed E-state index contributed by atoms with van der Waals surface area (Å²) in [6.45, 7) is 13.2. The predicted molar refractivity (Wildman–Crippen MR) is 77.3 cm³/mol. The summed E-state index contributed by atoms with van der Waals surface area (Å²) in [6, 6.07) is 0.764. The van der Waals surface area contributed by atoms with E-state index in [1.165, 1.54) is 45.1 Å². The quantitative estimate of drug-likeness (QED) is 0.713.